The number of aromatic hydroxyl groups is 1. The average molecular weight is 358 g/mol. The van der Waals surface area contributed by atoms with E-state index < -0.39 is 4.92 Å². The van der Waals surface area contributed by atoms with Crippen LogP contribution in [0, 0.1) is 10.1 Å². The molecule has 0 radical (unpaired) electrons. The third-order valence-electron chi connectivity index (χ3n) is 3.28. The van der Waals surface area contributed by atoms with Crippen LogP contribution in [0.15, 0.2) is 53.4 Å². The van der Waals surface area contributed by atoms with E-state index in [2.05, 4.69) is 0 Å². The van der Waals surface area contributed by atoms with E-state index >= 15 is 0 Å². The minimum absolute atomic E-state index is 0.0144. The zero-order valence-corrected chi connectivity index (χ0v) is 13.7. The van der Waals surface area contributed by atoms with Crippen LogP contribution >= 0.6 is 24.0 Å². The van der Waals surface area contributed by atoms with E-state index in [0.29, 0.717) is 20.5 Å². The Balaban J connectivity index is 1.89. The molecule has 0 aliphatic carbocycles. The van der Waals surface area contributed by atoms with Crippen molar-refractivity contribution in [3.63, 3.8) is 0 Å². The van der Waals surface area contributed by atoms with E-state index in [1.165, 1.54) is 29.2 Å². The molecule has 1 aliphatic heterocycles. The van der Waals surface area contributed by atoms with Crippen molar-refractivity contribution in [2.75, 3.05) is 4.90 Å². The van der Waals surface area contributed by atoms with Crippen LogP contribution in [0.2, 0.25) is 0 Å². The van der Waals surface area contributed by atoms with Crippen molar-refractivity contribution >= 4 is 51.7 Å². The highest BCUT2D eigenvalue weighted by atomic mass is 32.2. The van der Waals surface area contributed by atoms with Crippen LogP contribution in [0.1, 0.15) is 5.56 Å². The lowest BCUT2D eigenvalue weighted by molar-refractivity contribution is -0.384. The Morgan fingerprint density at radius 1 is 1.21 bits per heavy atom. The number of non-ortho nitro benzene ring substituents is 1. The number of nitrogens with zero attached hydrogens (tertiary/aromatic N) is 2. The summed E-state index contributed by atoms with van der Waals surface area (Å²) in [6, 6.07) is 12.2. The number of amides is 1. The van der Waals surface area contributed by atoms with Gasteiger partial charge in [-0.25, -0.2) is 0 Å². The van der Waals surface area contributed by atoms with E-state index in [-0.39, 0.29) is 17.3 Å². The molecule has 1 heterocycles. The quantitative estimate of drug-likeness (QED) is 0.390. The summed E-state index contributed by atoms with van der Waals surface area (Å²) in [4.78, 5) is 24.5. The molecule has 2 aromatic carbocycles. The first-order chi connectivity index (χ1) is 11.5. The molecule has 0 aromatic heterocycles. The van der Waals surface area contributed by atoms with Crippen molar-refractivity contribution in [1.29, 1.82) is 0 Å². The second kappa shape index (κ2) is 6.42. The monoisotopic (exact) mass is 358 g/mol. The summed E-state index contributed by atoms with van der Waals surface area (Å²) in [6.45, 7) is 0. The minimum atomic E-state index is -0.481. The smallest absolute Gasteiger partial charge is 0.270 e. The number of thioether (sulfide) groups is 1. The maximum Gasteiger partial charge on any atom is 0.270 e. The van der Waals surface area contributed by atoms with Crippen molar-refractivity contribution in [1.82, 2.24) is 0 Å². The predicted molar refractivity (Wildman–Crippen MR) is 96.9 cm³/mol. The fourth-order valence-electron chi connectivity index (χ4n) is 2.17. The highest BCUT2D eigenvalue weighted by Crippen LogP contribution is 2.36. The highest BCUT2D eigenvalue weighted by Gasteiger charge is 2.33. The number of thiocarbonyl (C=S) groups is 1. The predicted octanol–water partition coefficient (Wildman–Crippen LogP) is 3.71. The lowest BCUT2D eigenvalue weighted by Crippen LogP contribution is -2.27. The van der Waals surface area contributed by atoms with Gasteiger partial charge in [-0.2, -0.15) is 0 Å². The van der Waals surface area contributed by atoms with Gasteiger partial charge in [-0.05, 0) is 35.9 Å². The topological polar surface area (TPSA) is 83.7 Å². The molecule has 1 aliphatic rings. The average Bonchev–Trinajstić information content (AvgIpc) is 2.82. The number of nitro benzene ring substituents is 1. The molecule has 120 valence electrons. The van der Waals surface area contributed by atoms with Crippen molar-refractivity contribution in [2.45, 2.75) is 0 Å². The van der Waals surface area contributed by atoms with Gasteiger partial charge in [-0.15, -0.1) is 0 Å². The summed E-state index contributed by atoms with van der Waals surface area (Å²) in [5.41, 5.74) is 1.14. The standard InChI is InChI=1S/C16H10N2O4S2/c19-13-3-1-2-12(9-13)17-15(20)14(24-16(17)23)8-10-4-6-11(7-5-10)18(21)22/h1-9,19H/b14-8+. The summed E-state index contributed by atoms with van der Waals surface area (Å²) in [7, 11) is 0. The molecule has 2 aromatic rings. The SMILES string of the molecule is O=C1/C(=C\c2ccc([N+](=O)[O-])cc2)SC(=S)N1c1cccc(O)c1. The third kappa shape index (κ3) is 3.15. The number of phenols is 1. The number of carbonyl (C=O) groups excluding carboxylic acids is 1. The van der Waals surface area contributed by atoms with Gasteiger partial charge >= 0.3 is 0 Å². The Morgan fingerprint density at radius 3 is 2.54 bits per heavy atom. The number of hydrogen-bond donors (Lipinski definition) is 1. The number of rotatable bonds is 3. The molecule has 0 unspecified atom stereocenters. The second-order valence-electron chi connectivity index (χ2n) is 4.89. The number of hydrogen-bond acceptors (Lipinski definition) is 6. The van der Waals surface area contributed by atoms with Gasteiger partial charge in [0.1, 0.15) is 5.75 Å². The van der Waals surface area contributed by atoms with Gasteiger partial charge in [0, 0.05) is 18.2 Å². The number of anilines is 1. The zero-order chi connectivity index (χ0) is 17.3. The fourth-order valence-corrected chi connectivity index (χ4v) is 3.47. The molecule has 6 nitrogen and oxygen atoms in total. The first-order valence-electron chi connectivity index (χ1n) is 6.77. The normalized spacial score (nSPS) is 16.0. The van der Waals surface area contributed by atoms with Gasteiger partial charge in [-0.1, -0.05) is 30.0 Å². The van der Waals surface area contributed by atoms with E-state index in [1.54, 1.807) is 30.3 Å². The molecule has 1 amide bonds. The van der Waals surface area contributed by atoms with Crippen molar-refractivity contribution in [3.05, 3.63) is 69.1 Å². The van der Waals surface area contributed by atoms with Crippen molar-refractivity contribution in [2.24, 2.45) is 0 Å². The van der Waals surface area contributed by atoms with E-state index in [0.717, 1.165) is 11.8 Å². The number of benzene rings is 2. The van der Waals surface area contributed by atoms with Gasteiger partial charge in [-0.3, -0.25) is 19.8 Å². The Labute approximate surface area is 146 Å². The Morgan fingerprint density at radius 2 is 1.92 bits per heavy atom. The van der Waals surface area contributed by atoms with Gasteiger partial charge in [0.15, 0.2) is 4.32 Å². The lowest BCUT2D eigenvalue weighted by Gasteiger charge is -2.14. The number of phenolic OH excluding ortho intramolecular Hbond substituents is 1. The molecule has 0 spiro atoms. The second-order valence-corrected chi connectivity index (χ2v) is 6.56. The summed E-state index contributed by atoms with van der Waals surface area (Å²) < 4.78 is 0.360. The molecule has 3 rings (SSSR count). The van der Waals surface area contributed by atoms with E-state index in [9.17, 15) is 20.0 Å². The van der Waals surface area contributed by atoms with Gasteiger partial charge in [0.2, 0.25) is 0 Å². The first-order valence-corrected chi connectivity index (χ1v) is 7.99. The fraction of sp³-hybridized carbons (Fsp3) is 0. The molecule has 0 bridgehead atoms. The molecule has 0 saturated carbocycles. The maximum atomic E-state index is 12.6. The lowest BCUT2D eigenvalue weighted by atomic mass is 10.2. The molecule has 8 heteroatoms. The molecule has 1 N–H and O–H groups in total. The van der Waals surface area contributed by atoms with Crippen LogP contribution in [0.3, 0.4) is 0 Å². The molecular formula is C16H10N2O4S2. The largest absolute Gasteiger partial charge is 0.508 e. The maximum absolute atomic E-state index is 12.6. The van der Waals surface area contributed by atoms with E-state index in [1.807, 2.05) is 0 Å². The van der Waals surface area contributed by atoms with Crippen LogP contribution in [0.4, 0.5) is 11.4 Å². The van der Waals surface area contributed by atoms with E-state index in [4.69, 9.17) is 12.2 Å². The number of nitro groups is 1. The molecule has 1 fully saturated rings. The van der Waals surface area contributed by atoms with Crippen LogP contribution in [-0.2, 0) is 4.79 Å². The number of carbonyl (C=O) groups is 1. The Hall–Kier alpha value is -2.71. The zero-order valence-electron chi connectivity index (χ0n) is 12.1. The van der Waals surface area contributed by atoms with Crippen LogP contribution in [0.5, 0.6) is 5.75 Å². The van der Waals surface area contributed by atoms with Gasteiger partial charge < -0.3 is 5.11 Å². The van der Waals surface area contributed by atoms with Gasteiger partial charge in [0.25, 0.3) is 11.6 Å². The summed E-state index contributed by atoms with van der Waals surface area (Å²) in [5.74, 6) is -0.255. The van der Waals surface area contributed by atoms with Crippen molar-refractivity contribution < 1.29 is 14.8 Å². The first kappa shape index (κ1) is 16.2. The van der Waals surface area contributed by atoms with Crippen LogP contribution in [-0.4, -0.2) is 20.3 Å². The van der Waals surface area contributed by atoms with Crippen LogP contribution < -0.4 is 4.90 Å². The Kier molecular flexibility index (Phi) is 4.32. The van der Waals surface area contributed by atoms with Crippen LogP contribution in [0.25, 0.3) is 6.08 Å². The molecule has 0 atom stereocenters. The minimum Gasteiger partial charge on any atom is -0.508 e. The van der Waals surface area contributed by atoms with Crippen molar-refractivity contribution in [3.8, 4) is 5.75 Å². The van der Waals surface area contributed by atoms with Gasteiger partial charge in [0.05, 0.1) is 15.5 Å². The Bertz CT molecular complexity index is 878. The third-order valence-corrected chi connectivity index (χ3v) is 4.59. The highest BCUT2D eigenvalue weighted by molar-refractivity contribution is 8.27. The molecule has 1 saturated heterocycles. The molecule has 24 heavy (non-hydrogen) atoms. The molecular weight excluding hydrogens is 348 g/mol. The summed E-state index contributed by atoms with van der Waals surface area (Å²) >= 11 is 6.39. The summed E-state index contributed by atoms with van der Waals surface area (Å²) in [6.07, 6.45) is 1.63. The summed E-state index contributed by atoms with van der Waals surface area (Å²) in [5, 5.41) is 20.2.